The Morgan fingerprint density at radius 1 is 1.00 bits per heavy atom. The minimum Gasteiger partial charge on any atom is -0.388 e. The highest BCUT2D eigenvalue weighted by molar-refractivity contribution is 5.73. The molecule has 192 valence electrons. The van der Waals surface area contributed by atoms with Crippen LogP contribution in [-0.2, 0) is 20.8 Å². The molecule has 1 aromatic rings. The molecular formula is C26H43N3O5. The molecule has 8 nitrogen and oxygen atoms in total. The molecule has 0 bridgehead atoms. The van der Waals surface area contributed by atoms with Crippen LogP contribution in [0.1, 0.15) is 44.6 Å². The standard InChI is InChI=1S/C26H43N3O5/c1-21(30)29-16-7-13-27(18-22-8-10-23(11-9-22)28-14-3-4-15-28)12-5-6-17-34-20-24(31)26(32)25(19-29)33-2/h8-11,24-26,31-32H,3-7,12-20H2,1-2H3/t24-,25-,26-/m0/s1. The molecule has 0 radical (unpaired) electrons. The van der Waals surface area contributed by atoms with Gasteiger partial charge in [-0.2, -0.15) is 0 Å². The van der Waals surface area contributed by atoms with Crippen molar-refractivity contribution in [3.63, 3.8) is 0 Å². The predicted octanol–water partition coefficient (Wildman–Crippen LogP) is 1.87. The summed E-state index contributed by atoms with van der Waals surface area (Å²) in [4.78, 5) is 18.8. The van der Waals surface area contributed by atoms with Gasteiger partial charge in [0.05, 0.1) is 6.61 Å². The monoisotopic (exact) mass is 477 g/mol. The second kappa shape index (κ2) is 14.0. The summed E-state index contributed by atoms with van der Waals surface area (Å²) in [5.41, 5.74) is 2.61. The van der Waals surface area contributed by atoms with Gasteiger partial charge in [-0.3, -0.25) is 9.69 Å². The quantitative estimate of drug-likeness (QED) is 0.685. The lowest BCUT2D eigenvalue weighted by atomic mass is 10.1. The van der Waals surface area contributed by atoms with Gasteiger partial charge in [-0.15, -0.1) is 0 Å². The minimum absolute atomic E-state index is 0.0498. The van der Waals surface area contributed by atoms with Crippen LogP contribution in [0.15, 0.2) is 24.3 Å². The van der Waals surface area contributed by atoms with Crippen molar-refractivity contribution in [3.05, 3.63) is 29.8 Å². The van der Waals surface area contributed by atoms with Crippen LogP contribution in [0.25, 0.3) is 0 Å². The van der Waals surface area contributed by atoms with Gasteiger partial charge in [0.15, 0.2) is 0 Å². The third kappa shape index (κ3) is 8.20. The first kappa shape index (κ1) is 26.9. The molecule has 8 heteroatoms. The molecule has 2 N–H and O–H groups in total. The fourth-order valence-corrected chi connectivity index (χ4v) is 4.81. The SMILES string of the molecule is CO[C@H]1CN(C(C)=O)CCCN(Cc2ccc(N3CCCC3)cc2)CCCCOC[C@H](O)[C@@H]1O. The number of nitrogens with zero attached hydrogens (tertiary/aromatic N) is 3. The van der Waals surface area contributed by atoms with E-state index in [9.17, 15) is 15.0 Å². The minimum atomic E-state index is -1.11. The Labute approximate surface area is 204 Å². The number of rotatable bonds is 4. The van der Waals surface area contributed by atoms with Gasteiger partial charge in [0.1, 0.15) is 18.3 Å². The van der Waals surface area contributed by atoms with Crippen molar-refractivity contribution < 1.29 is 24.5 Å². The Morgan fingerprint density at radius 2 is 1.68 bits per heavy atom. The van der Waals surface area contributed by atoms with Gasteiger partial charge in [0.25, 0.3) is 0 Å². The van der Waals surface area contributed by atoms with E-state index in [4.69, 9.17) is 9.47 Å². The van der Waals surface area contributed by atoms with E-state index in [1.807, 2.05) is 0 Å². The summed E-state index contributed by atoms with van der Waals surface area (Å²) in [6, 6.07) is 8.95. The second-order valence-corrected chi connectivity index (χ2v) is 9.57. The number of hydrogen-bond donors (Lipinski definition) is 2. The number of anilines is 1. The number of carbonyl (C=O) groups is 1. The maximum atomic E-state index is 12.2. The summed E-state index contributed by atoms with van der Waals surface area (Å²) in [6.45, 7) is 7.95. The molecule has 2 aliphatic rings. The van der Waals surface area contributed by atoms with E-state index in [0.29, 0.717) is 13.2 Å². The van der Waals surface area contributed by atoms with Crippen molar-refractivity contribution in [1.82, 2.24) is 9.80 Å². The molecule has 1 aromatic carbocycles. The van der Waals surface area contributed by atoms with Gasteiger partial charge >= 0.3 is 0 Å². The van der Waals surface area contributed by atoms with E-state index in [-0.39, 0.29) is 19.1 Å². The molecule has 2 heterocycles. The van der Waals surface area contributed by atoms with Crippen molar-refractivity contribution in [1.29, 1.82) is 0 Å². The summed E-state index contributed by atoms with van der Waals surface area (Å²) < 4.78 is 11.0. The number of ether oxygens (including phenoxy) is 2. The van der Waals surface area contributed by atoms with Crippen LogP contribution in [-0.4, -0.2) is 104 Å². The maximum Gasteiger partial charge on any atom is 0.219 e. The van der Waals surface area contributed by atoms with Crippen LogP contribution in [0, 0.1) is 0 Å². The van der Waals surface area contributed by atoms with E-state index in [2.05, 4.69) is 34.1 Å². The van der Waals surface area contributed by atoms with Gasteiger partial charge in [0, 0.05) is 65.6 Å². The molecule has 0 saturated carbocycles. The van der Waals surface area contributed by atoms with Gasteiger partial charge in [-0.25, -0.2) is 0 Å². The topological polar surface area (TPSA) is 85.7 Å². The number of carbonyl (C=O) groups excluding carboxylic acids is 1. The molecule has 0 aliphatic carbocycles. The highest BCUT2D eigenvalue weighted by Crippen LogP contribution is 2.21. The first-order valence-electron chi connectivity index (χ1n) is 12.8. The smallest absolute Gasteiger partial charge is 0.219 e. The molecule has 3 rings (SSSR count). The summed E-state index contributed by atoms with van der Waals surface area (Å²) >= 11 is 0. The molecule has 34 heavy (non-hydrogen) atoms. The molecular weight excluding hydrogens is 434 g/mol. The Hall–Kier alpha value is -1.71. The van der Waals surface area contributed by atoms with E-state index < -0.39 is 18.3 Å². The predicted molar refractivity (Wildman–Crippen MR) is 133 cm³/mol. The van der Waals surface area contributed by atoms with Crippen LogP contribution in [0.3, 0.4) is 0 Å². The first-order chi connectivity index (χ1) is 16.5. The summed E-state index contributed by atoms with van der Waals surface area (Å²) in [6.07, 6.45) is 2.43. The maximum absolute atomic E-state index is 12.2. The van der Waals surface area contributed by atoms with Gasteiger partial charge in [0.2, 0.25) is 5.91 Å². The van der Waals surface area contributed by atoms with Crippen LogP contribution in [0.2, 0.25) is 0 Å². The zero-order chi connectivity index (χ0) is 24.3. The number of benzene rings is 1. The average Bonchev–Trinajstić information content (AvgIpc) is 3.37. The van der Waals surface area contributed by atoms with Gasteiger partial charge < -0.3 is 29.5 Å². The number of methoxy groups -OCH3 is 1. The van der Waals surface area contributed by atoms with Crippen molar-refractivity contribution >= 4 is 11.6 Å². The second-order valence-electron chi connectivity index (χ2n) is 9.57. The van der Waals surface area contributed by atoms with Crippen LogP contribution < -0.4 is 4.90 Å². The molecule has 2 aliphatic heterocycles. The third-order valence-electron chi connectivity index (χ3n) is 6.94. The fraction of sp³-hybridized carbons (Fsp3) is 0.731. The van der Waals surface area contributed by atoms with Crippen molar-refractivity contribution in [2.75, 3.05) is 64.5 Å². The fourth-order valence-electron chi connectivity index (χ4n) is 4.81. The van der Waals surface area contributed by atoms with E-state index in [1.165, 1.54) is 38.1 Å². The average molecular weight is 478 g/mol. The van der Waals surface area contributed by atoms with E-state index >= 15 is 0 Å². The lowest BCUT2D eigenvalue weighted by molar-refractivity contribution is -0.136. The molecule has 0 spiro atoms. The highest BCUT2D eigenvalue weighted by atomic mass is 16.5. The Bertz CT molecular complexity index is 726. The van der Waals surface area contributed by atoms with Crippen LogP contribution in [0.5, 0.6) is 0 Å². The Kier molecular flexibility index (Phi) is 11.1. The largest absolute Gasteiger partial charge is 0.388 e. The van der Waals surface area contributed by atoms with Gasteiger partial charge in [-0.1, -0.05) is 12.1 Å². The molecule has 3 atom stereocenters. The number of aliphatic hydroxyl groups is 2. The van der Waals surface area contributed by atoms with Crippen LogP contribution in [0.4, 0.5) is 5.69 Å². The molecule has 0 aromatic heterocycles. The lowest BCUT2D eigenvalue weighted by Gasteiger charge is -2.31. The molecule has 1 amide bonds. The Balaban J connectivity index is 1.62. The number of amides is 1. The molecule has 2 saturated heterocycles. The zero-order valence-electron chi connectivity index (χ0n) is 20.9. The van der Waals surface area contributed by atoms with E-state index in [0.717, 1.165) is 52.0 Å². The number of hydrogen-bond acceptors (Lipinski definition) is 7. The number of aliphatic hydroxyl groups excluding tert-OH is 2. The van der Waals surface area contributed by atoms with Crippen molar-refractivity contribution in [2.24, 2.45) is 0 Å². The lowest BCUT2D eigenvalue weighted by Crippen LogP contribution is -2.48. The molecule has 2 fully saturated rings. The summed E-state index contributed by atoms with van der Waals surface area (Å²) in [5.74, 6) is -0.0617. The summed E-state index contributed by atoms with van der Waals surface area (Å²) in [5, 5.41) is 20.8. The van der Waals surface area contributed by atoms with Gasteiger partial charge in [-0.05, 0) is 56.3 Å². The van der Waals surface area contributed by atoms with E-state index in [1.54, 1.807) is 4.90 Å². The first-order valence-corrected chi connectivity index (χ1v) is 12.8. The normalized spacial score (nSPS) is 26.8. The Morgan fingerprint density at radius 3 is 2.35 bits per heavy atom. The zero-order valence-corrected chi connectivity index (χ0v) is 20.9. The molecule has 0 unspecified atom stereocenters. The van der Waals surface area contributed by atoms with Crippen molar-refractivity contribution in [3.8, 4) is 0 Å². The third-order valence-corrected chi connectivity index (χ3v) is 6.94. The highest BCUT2D eigenvalue weighted by Gasteiger charge is 2.29. The van der Waals surface area contributed by atoms with Crippen LogP contribution >= 0.6 is 0 Å². The van der Waals surface area contributed by atoms with Crippen molar-refractivity contribution in [2.45, 2.75) is 63.9 Å². The summed E-state index contributed by atoms with van der Waals surface area (Å²) in [7, 11) is 1.49.